The fourth-order valence-electron chi connectivity index (χ4n) is 3.28. The highest BCUT2D eigenvalue weighted by Crippen LogP contribution is 2.34. The Labute approximate surface area is 193 Å². The number of hydrogen-bond acceptors (Lipinski definition) is 6. The summed E-state index contributed by atoms with van der Waals surface area (Å²) >= 11 is 0. The summed E-state index contributed by atoms with van der Waals surface area (Å²) in [5, 5.41) is 10.1. The van der Waals surface area contributed by atoms with Crippen LogP contribution >= 0.6 is 0 Å². The van der Waals surface area contributed by atoms with Crippen LogP contribution in [0.25, 0.3) is 0 Å². The van der Waals surface area contributed by atoms with E-state index >= 15 is 0 Å². The molecule has 3 rings (SSSR count). The molecule has 0 bridgehead atoms. The van der Waals surface area contributed by atoms with Gasteiger partial charge in [0.05, 0.1) is 30.5 Å². The number of carbonyl (C=O) groups excluding carboxylic acids is 1. The van der Waals surface area contributed by atoms with Gasteiger partial charge in [0.25, 0.3) is 0 Å². The third kappa shape index (κ3) is 5.82. The SMILES string of the molecule is COC(=O)N(c1cccc(OC)c1)c1cc(O)ccc1CCNS(=O)(=O)c1ccc(C)cc1. The van der Waals surface area contributed by atoms with Gasteiger partial charge in [0.15, 0.2) is 0 Å². The largest absolute Gasteiger partial charge is 0.508 e. The van der Waals surface area contributed by atoms with Gasteiger partial charge in [-0.2, -0.15) is 0 Å². The van der Waals surface area contributed by atoms with Crippen LogP contribution in [0.4, 0.5) is 16.2 Å². The molecule has 33 heavy (non-hydrogen) atoms. The van der Waals surface area contributed by atoms with Crippen LogP contribution in [0, 0.1) is 6.92 Å². The number of anilines is 2. The second kappa shape index (κ2) is 10.4. The van der Waals surface area contributed by atoms with E-state index in [1.165, 1.54) is 31.3 Å². The van der Waals surface area contributed by atoms with Gasteiger partial charge in [0.1, 0.15) is 11.5 Å². The molecule has 0 aromatic heterocycles. The van der Waals surface area contributed by atoms with E-state index in [0.717, 1.165) is 5.56 Å². The van der Waals surface area contributed by atoms with E-state index in [9.17, 15) is 18.3 Å². The average molecular weight is 471 g/mol. The fourth-order valence-corrected chi connectivity index (χ4v) is 4.31. The normalized spacial score (nSPS) is 11.1. The molecule has 3 aromatic rings. The Kier molecular flexibility index (Phi) is 7.57. The third-order valence-electron chi connectivity index (χ3n) is 5.00. The van der Waals surface area contributed by atoms with Gasteiger partial charge in [-0.3, -0.25) is 0 Å². The number of aromatic hydroxyl groups is 1. The molecule has 0 aliphatic rings. The first-order chi connectivity index (χ1) is 15.7. The standard InChI is InChI=1S/C24H26N2O6S/c1-17-7-11-22(12-8-17)33(29,30)25-14-13-18-9-10-20(27)16-23(18)26(24(28)32-3)19-5-4-6-21(15-19)31-2/h4-12,15-16,25,27H,13-14H2,1-3H3. The number of ether oxygens (including phenoxy) is 2. The minimum absolute atomic E-state index is 0.0502. The molecular formula is C24H26N2O6S. The van der Waals surface area contributed by atoms with E-state index in [-0.39, 0.29) is 23.6 Å². The van der Waals surface area contributed by atoms with Crippen LogP contribution in [-0.4, -0.2) is 40.4 Å². The molecule has 1 amide bonds. The van der Waals surface area contributed by atoms with Crippen LogP contribution in [-0.2, 0) is 21.2 Å². The van der Waals surface area contributed by atoms with Crippen molar-refractivity contribution in [2.45, 2.75) is 18.2 Å². The van der Waals surface area contributed by atoms with Gasteiger partial charge in [-0.25, -0.2) is 22.8 Å². The van der Waals surface area contributed by atoms with Crippen molar-refractivity contribution in [2.75, 3.05) is 25.7 Å². The Morgan fingerprint density at radius 1 is 1.03 bits per heavy atom. The summed E-state index contributed by atoms with van der Waals surface area (Å²) in [6, 6.07) is 17.9. The first-order valence-electron chi connectivity index (χ1n) is 10.2. The van der Waals surface area contributed by atoms with Gasteiger partial charge in [-0.15, -0.1) is 0 Å². The van der Waals surface area contributed by atoms with Gasteiger partial charge in [-0.1, -0.05) is 29.8 Å². The van der Waals surface area contributed by atoms with Crippen LogP contribution < -0.4 is 14.4 Å². The maximum absolute atomic E-state index is 12.7. The lowest BCUT2D eigenvalue weighted by Gasteiger charge is -2.24. The Morgan fingerprint density at radius 2 is 1.76 bits per heavy atom. The van der Waals surface area contributed by atoms with Crippen molar-refractivity contribution in [2.24, 2.45) is 0 Å². The summed E-state index contributed by atoms with van der Waals surface area (Å²) in [6.45, 7) is 1.96. The number of nitrogens with zero attached hydrogens (tertiary/aromatic N) is 1. The first-order valence-corrected chi connectivity index (χ1v) is 11.6. The lowest BCUT2D eigenvalue weighted by molar-refractivity contribution is 0.181. The number of benzene rings is 3. The number of sulfonamides is 1. The molecule has 8 nitrogen and oxygen atoms in total. The zero-order valence-corrected chi connectivity index (χ0v) is 19.4. The van der Waals surface area contributed by atoms with E-state index in [2.05, 4.69) is 4.72 Å². The quantitative estimate of drug-likeness (QED) is 0.513. The predicted octanol–water partition coefficient (Wildman–Crippen LogP) is 4.13. The second-order valence-corrected chi connectivity index (χ2v) is 9.05. The number of hydrogen-bond donors (Lipinski definition) is 2. The minimum atomic E-state index is -3.69. The van der Waals surface area contributed by atoms with Crippen LogP contribution in [0.2, 0.25) is 0 Å². The Bertz CT molecular complexity index is 1230. The van der Waals surface area contributed by atoms with Crippen molar-refractivity contribution in [3.63, 3.8) is 0 Å². The molecule has 0 saturated heterocycles. The molecule has 0 saturated carbocycles. The monoisotopic (exact) mass is 470 g/mol. The van der Waals surface area contributed by atoms with E-state index in [4.69, 9.17) is 9.47 Å². The van der Waals surface area contributed by atoms with Crippen molar-refractivity contribution in [3.8, 4) is 11.5 Å². The number of carbonyl (C=O) groups is 1. The molecule has 9 heteroatoms. The lowest BCUT2D eigenvalue weighted by atomic mass is 10.1. The number of amides is 1. The number of nitrogens with one attached hydrogen (secondary N) is 1. The summed E-state index contributed by atoms with van der Waals surface area (Å²) in [7, 11) is -0.919. The molecule has 0 radical (unpaired) electrons. The molecule has 0 atom stereocenters. The Morgan fingerprint density at radius 3 is 2.42 bits per heavy atom. The number of phenols is 1. The van der Waals surface area contributed by atoms with E-state index in [1.54, 1.807) is 54.6 Å². The molecule has 0 heterocycles. The van der Waals surface area contributed by atoms with Gasteiger partial charge in [-0.05, 0) is 49.2 Å². The molecule has 0 spiro atoms. The molecular weight excluding hydrogens is 444 g/mol. The number of phenolic OH excluding ortho intramolecular Hbond substituents is 1. The molecule has 3 aromatic carbocycles. The van der Waals surface area contributed by atoms with Crippen molar-refractivity contribution in [1.29, 1.82) is 0 Å². The predicted molar refractivity (Wildman–Crippen MR) is 126 cm³/mol. The van der Waals surface area contributed by atoms with Crippen LogP contribution in [0.15, 0.2) is 71.6 Å². The van der Waals surface area contributed by atoms with Crippen molar-refractivity contribution in [1.82, 2.24) is 4.72 Å². The zero-order valence-electron chi connectivity index (χ0n) is 18.6. The highest BCUT2D eigenvalue weighted by Gasteiger charge is 2.23. The van der Waals surface area contributed by atoms with Gasteiger partial charge >= 0.3 is 6.09 Å². The van der Waals surface area contributed by atoms with Crippen LogP contribution in [0.5, 0.6) is 11.5 Å². The number of rotatable bonds is 8. The van der Waals surface area contributed by atoms with Crippen LogP contribution in [0.1, 0.15) is 11.1 Å². The fraction of sp³-hybridized carbons (Fsp3) is 0.208. The molecule has 0 aliphatic carbocycles. The summed E-state index contributed by atoms with van der Waals surface area (Å²) in [5.41, 5.74) is 2.42. The number of methoxy groups -OCH3 is 2. The summed E-state index contributed by atoms with van der Waals surface area (Å²) in [4.78, 5) is 14.2. The van der Waals surface area contributed by atoms with Crippen molar-refractivity contribution in [3.05, 3.63) is 77.9 Å². The highest BCUT2D eigenvalue weighted by atomic mass is 32.2. The highest BCUT2D eigenvalue weighted by molar-refractivity contribution is 7.89. The van der Waals surface area contributed by atoms with Gasteiger partial charge in [0, 0.05) is 18.7 Å². The molecule has 0 unspecified atom stereocenters. The lowest BCUT2D eigenvalue weighted by Crippen LogP contribution is -2.29. The van der Waals surface area contributed by atoms with Gasteiger partial charge < -0.3 is 14.6 Å². The third-order valence-corrected chi connectivity index (χ3v) is 6.47. The summed E-state index contributed by atoms with van der Waals surface area (Å²) in [5.74, 6) is 0.486. The van der Waals surface area contributed by atoms with Crippen LogP contribution in [0.3, 0.4) is 0 Å². The average Bonchev–Trinajstić information content (AvgIpc) is 2.80. The first kappa shape index (κ1) is 24.1. The molecule has 0 fully saturated rings. The van der Waals surface area contributed by atoms with E-state index in [1.807, 2.05) is 6.92 Å². The summed E-state index contributed by atoms with van der Waals surface area (Å²) in [6.07, 6.45) is -0.409. The van der Waals surface area contributed by atoms with Crippen molar-refractivity contribution < 1.29 is 27.8 Å². The second-order valence-electron chi connectivity index (χ2n) is 7.28. The smallest absolute Gasteiger partial charge is 0.418 e. The van der Waals surface area contributed by atoms with Crippen molar-refractivity contribution >= 4 is 27.5 Å². The topological polar surface area (TPSA) is 105 Å². The van der Waals surface area contributed by atoms with E-state index in [0.29, 0.717) is 22.7 Å². The maximum atomic E-state index is 12.7. The molecule has 0 aliphatic heterocycles. The zero-order chi connectivity index (χ0) is 24.0. The minimum Gasteiger partial charge on any atom is -0.508 e. The summed E-state index contributed by atoms with van der Waals surface area (Å²) < 4.78 is 38.0. The molecule has 2 N–H and O–H groups in total. The maximum Gasteiger partial charge on any atom is 0.418 e. The Balaban J connectivity index is 1.89. The van der Waals surface area contributed by atoms with E-state index < -0.39 is 16.1 Å². The number of aryl methyl sites for hydroxylation is 1. The Hall–Kier alpha value is -3.56. The van der Waals surface area contributed by atoms with Gasteiger partial charge in [0.2, 0.25) is 10.0 Å². The molecule has 174 valence electrons.